The molecule has 0 aliphatic carbocycles. The monoisotopic (exact) mass is 352 g/mol. The topological polar surface area (TPSA) is 63.8 Å². The Morgan fingerprint density at radius 1 is 1.17 bits per heavy atom. The summed E-state index contributed by atoms with van der Waals surface area (Å²) in [6.45, 7) is 0.491. The highest BCUT2D eigenvalue weighted by Gasteiger charge is 2.30. The third-order valence-corrected chi connectivity index (χ3v) is 4.45. The number of halogens is 3. The molecule has 8 heteroatoms. The predicted octanol–water partition coefficient (Wildman–Crippen LogP) is 4.21. The van der Waals surface area contributed by atoms with Crippen molar-refractivity contribution in [1.82, 2.24) is 9.36 Å². The van der Waals surface area contributed by atoms with Crippen molar-refractivity contribution in [2.24, 2.45) is 5.73 Å². The largest absolute Gasteiger partial charge is 0.417 e. The van der Waals surface area contributed by atoms with E-state index in [1.165, 1.54) is 17.6 Å². The van der Waals surface area contributed by atoms with E-state index in [0.717, 1.165) is 28.0 Å². The number of alkyl halides is 3. The predicted molar refractivity (Wildman–Crippen MR) is 88.9 cm³/mol. The van der Waals surface area contributed by atoms with Gasteiger partial charge >= 0.3 is 6.18 Å². The average Bonchev–Trinajstić information content (AvgIpc) is 2.98. The Labute approximate surface area is 140 Å². The second-order valence-electron chi connectivity index (χ2n) is 5.32. The van der Waals surface area contributed by atoms with Crippen LogP contribution < -0.4 is 11.1 Å². The third-order valence-electron chi connectivity index (χ3n) is 3.61. The van der Waals surface area contributed by atoms with Crippen LogP contribution in [-0.4, -0.2) is 15.9 Å². The Hall–Kier alpha value is -2.19. The number of pyridine rings is 1. The molecule has 0 bridgehead atoms. The molecule has 0 spiro atoms. The molecular weight excluding hydrogens is 337 g/mol. The summed E-state index contributed by atoms with van der Waals surface area (Å²) in [6.07, 6.45) is -2.97. The molecule has 24 heavy (non-hydrogen) atoms. The molecule has 0 fully saturated rings. The highest BCUT2D eigenvalue weighted by molar-refractivity contribution is 7.13. The quantitative estimate of drug-likeness (QED) is 0.722. The molecule has 2 aromatic heterocycles. The van der Waals surface area contributed by atoms with Gasteiger partial charge < -0.3 is 11.1 Å². The van der Waals surface area contributed by atoms with Gasteiger partial charge in [0.25, 0.3) is 0 Å². The molecule has 2 heterocycles. The van der Waals surface area contributed by atoms with E-state index in [0.29, 0.717) is 18.8 Å². The first-order chi connectivity index (χ1) is 11.4. The van der Waals surface area contributed by atoms with Crippen molar-refractivity contribution in [3.63, 3.8) is 0 Å². The van der Waals surface area contributed by atoms with Crippen LogP contribution in [0.1, 0.15) is 23.7 Å². The molecule has 1 aromatic carbocycles. The van der Waals surface area contributed by atoms with Gasteiger partial charge in [-0.15, -0.1) is 0 Å². The summed E-state index contributed by atoms with van der Waals surface area (Å²) in [5.74, 6) is 0.387. The number of hydrogen-bond donors (Lipinski definition) is 2. The summed E-state index contributed by atoms with van der Waals surface area (Å²) >= 11 is 1.41. The molecule has 0 amide bonds. The summed E-state index contributed by atoms with van der Waals surface area (Å²) in [4.78, 5) is 3.77. The minimum absolute atomic E-state index is 0.247. The molecule has 4 nitrogen and oxygen atoms in total. The van der Waals surface area contributed by atoms with Crippen molar-refractivity contribution in [2.75, 3.05) is 11.9 Å². The number of nitrogens with one attached hydrogen (secondary N) is 1. The van der Waals surface area contributed by atoms with Crippen LogP contribution in [0, 0.1) is 0 Å². The van der Waals surface area contributed by atoms with Crippen molar-refractivity contribution < 1.29 is 13.2 Å². The van der Waals surface area contributed by atoms with Crippen molar-refractivity contribution in [2.45, 2.75) is 18.6 Å². The van der Waals surface area contributed by atoms with Gasteiger partial charge in [-0.2, -0.15) is 17.5 Å². The van der Waals surface area contributed by atoms with Gasteiger partial charge in [0, 0.05) is 18.1 Å². The van der Waals surface area contributed by atoms with Gasteiger partial charge in [-0.1, -0.05) is 18.2 Å². The standard InChI is InChI=1S/C16H15F3N4S/c17-16(18,19)10-5-6-14(22-9-10)21-8-7-12(20)15-11-3-1-2-4-13(11)24-23-15/h1-6,9,12H,7-8,20H2,(H,21,22). The number of benzene rings is 1. The lowest BCUT2D eigenvalue weighted by Gasteiger charge is -2.12. The van der Waals surface area contributed by atoms with E-state index in [4.69, 9.17) is 5.73 Å². The molecule has 0 saturated carbocycles. The lowest BCUT2D eigenvalue weighted by Crippen LogP contribution is -2.16. The minimum Gasteiger partial charge on any atom is -0.370 e. The molecule has 3 N–H and O–H groups in total. The number of aromatic nitrogens is 2. The maximum Gasteiger partial charge on any atom is 0.417 e. The highest BCUT2D eigenvalue weighted by Crippen LogP contribution is 2.29. The van der Waals surface area contributed by atoms with E-state index >= 15 is 0 Å². The van der Waals surface area contributed by atoms with E-state index in [1.807, 2.05) is 24.3 Å². The normalized spacial score (nSPS) is 13.2. The van der Waals surface area contributed by atoms with Crippen molar-refractivity contribution >= 4 is 27.4 Å². The molecule has 0 saturated heterocycles. The molecule has 3 rings (SSSR count). The van der Waals surface area contributed by atoms with E-state index in [9.17, 15) is 13.2 Å². The Balaban J connectivity index is 1.58. The first kappa shape index (κ1) is 16.7. The van der Waals surface area contributed by atoms with Crippen LogP contribution in [0.5, 0.6) is 0 Å². The summed E-state index contributed by atoms with van der Waals surface area (Å²) in [5, 5.41) is 4.03. The molecule has 0 radical (unpaired) electrons. The third kappa shape index (κ3) is 3.65. The molecular formula is C16H15F3N4S. The van der Waals surface area contributed by atoms with Gasteiger partial charge in [-0.05, 0) is 36.2 Å². The van der Waals surface area contributed by atoms with Crippen LogP contribution in [-0.2, 0) is 6.18 Å². The van der Waals surface area contributed by atoms with Gasteiger partial charge in [0.15, 0.2) is 0 Å². The maximum absolute atomic E-state index is 12.5. The number of nitrogens with zero attached hydrogens (tertiary/aromatic N) is 2. The average molecular weight is 352 g/mol. The van der Waals surface area contributed by atoms with Gasteiger partial charge in [0.05, 0.1) is 22.0 Å². The molecule has 126 valence electrons. The smallest absolute Gasteiger partial charge is 0.370 e. The first-order valence-corrected chi connectivity index (χ1v) is 8.09. The fourth-order valence-corrected chi connectivity index (χ4v) is 3.17. The fraction of sp³-hybridized carbons (Fsp3) is 0.250. The lowest BCUT2D eigenvalue weighted by molar-refractivity contribution is -0.137. The fourth-order valence-electron chi connectivity index (χ4n) is 2.33. The number of anilines is 1. The summed E-state index contributed by atoms with van der Waals surface area (Å²) in [7, 11) is 0. The van der Waals surface area contributed by atoms with Gasteiger partial charge in [-0.25, -0.2) is 4.98 Å². The number of nitrogens with two attached hydrogens (primary N) is 1. The van der Waals surface area contributed by atoms with Crippen molar-refractivity contribution in [1.29, 1.82) is 0 Å². The SMILES string of the molecule is NC(CCNc1ccc(C(F)(F)F)cn1)c1nsc2ccccc12. The molecule has 0 aliphatic heterocycles. The molecule has 1 atom stereocenters. The van der Waals surface area contributed by atoms with E-state index in [1.54, 1.807) is 0 Å². The van der Waals surface area contributed by atoms with Crippen LogP contribution in [0.25, 0.3) is 10.1 Å². The minimum atomic E-state index is -4.38. The van der Waals surface area contributed by atoms with Crippen LogP contribution in [0.4, 0.5) is 19.0 Å². The van der Waals surface area contributed by atoms with Crippen LogP contribution in [0.3, 0.4) is 0 Å². The molecule has 0 aliphatic rings. The Bertz CT molecular complexity index is 814. The van der Waals surface area contributed by atoms with E-state index < -0.39 is 11.7 Å². The van der Waals surface area contributed by atoms with Crippen LogP contribution in [0.2, 0.25) is 0 Å². The summed E-state index contributed by atoms with van der Waals surface area (Å²) < 4.78 is 42.9. The van der Waals surface area contributed by atoms with Crippen LogP contribution >= 0.6 is 11.5 Å². The maximum atomic E-state index is 12.5. The van der Waals surface area contributed by atoms with Gasteiger partial charge in [0.2, 0.25) is 0 Å². The van der Waals surface area contributed by atoms with Crippen molar-refractivity contribution in [3.05, 3.63) is 53.9 Å². The van der Waals surface area contributed by atoms with E-state index in [2.05, 4.69) is 14.7 Å². The zero-order valence-electron chi connectivity index (χ0n) is 12.5. The summed E-state index contributed by atoms with van der Waals surface area (Å²) in [6, 6.07) is 9.94. The van der Waals surface area contributed by atoms with Gasteiger partial charge in [-0.3, -0.25) is 0 Å². The zero-order valence-corrected chi connectivity index (χ0v) is 13.4. The Morgan fingerprint density at radius 2 is 1.96 bits per heavy atom. The Kier molecular flexibility index (Phi) is 4.68. The summed E-state index contributed by atoms with van der Waals surface area (Å²) in [5.41, 5.74) is 6.27. The number of hydrogen-bond acceptors (Lipinski definition) is 5. The Morgan fingerprint density at radius 3 is 2.67 bits per heavy atom. The second kappa shape index (κ2) is 6.74. The lowest BCUT2D eigenvalue weighted by atomic mass is 10.1. The van der Waals surface area contributed by atoms with Crippen molar-refractivity contribution in [3.8, 4) is 0 Å². The van der Waals surface area contributed by atoms with Crippen LogP contribution in [0.15, 0.2) is 42.6 Å². The molecule has 1 unspecified atom stereocenters. The number of fused-ring (bicyclic) bond motifs is 1. The second-order valence-corrected chi connectivity index (χ2v) is 6.12. The first-order valence-electron chi connectivity index (χ1n) is 7.32. The molecule has 3 aromatic rings. The van der Waals surface area contributed by atoms with E-state index in [-0.39, 0.29) is 6.04 Å². The van der Waals surface area contributed by atoms with Gasteiger partial charge in [0.1, 0.15) is 5.82 Å². The highest BCUT2D eigenvalue weighted by atomic mass is 32.1. The zero-order chi connectivity index (χ0) is 17.2. The number of rotatable bonds is 5.